The monoisotopic (exact) mass is 170 g/mol. The minimum Gasteiger partial charge on any atom is -0.466 e. The van der Waals surface area contributed by atoms with Gasteiger partial charge in [-0.2, -0.15) is 0 Å². The molecule has 3 aliphatic rings. The number of ether oxygens (including phenoxy) is 1. The molecule has 68 valence electrons. The van der Waals surface area contributed by atoms with Gasteiger partial charge in [0.05, 0.1) is 12.0 Å². The summed E-state index contributed by atoms with van der Waals surface area (Å²) >= 11 is 0. The van der Waals surface area contributed by atoms with Gasteiger partial charge in [0, 0.05) is 6.61 Å². The molecule has 0 unspecified atom stereocenters. The first-order valence-corrected chi connectivity index (χ1v) is 4.45. The number of esters is 1. The second-order valence-electron chi connectivity index (χ2n) is 4.19. The Morgan fingerprint density at radius 1 is 1.50 bits per heavy atom. The van der Waals surface area contributed by atoms with E-state index in [-0.39, 0.29) is 23.4 Å². The van der Waals surface area contributed by atoms with Crippen molar-refractivity contribution in [3.8, 4) is 0 Å². The zero-order valence-electron chi connectivity index (χ0n) is 7.30. The standard InChI is InChI=1S/C9H14O3/c1-2-12-7(11)9-3-8(4-9,5-9)6-10/h10H,2-6H2,1H3. The van der Waals surface area contributed by atoms with Crippen LogP contribution in [-0.4, -0.2) is 24.3 Å². The van der Waals surface area contributed by atoms with Crippen molar-refractivity contribution in [1.82, 2.24) is 0 Å². The summed E-state index contributed by atoms with van der Waals surface area (Å²) in [7, 11) is 0. The second-order valence-corrected chi connectivity index (χ2v) is 4.19. The molecule has 3 fully saturated rings. The molecule has 0 atom stereocenters. The number of hydrogen-bond acceptors (Lipinski definition) is 3. The van der Waals surface area contributed by atoms with E-state index in [1.54, 1.807) is 0 Å². The van der Waals surface area contributed by atoms with E-state index < -0.39 is 0 Å². The van der Waals surface area contributed by atoms with Crippen LogP contribution in [0, 0.1) is 10.8 Å². The molecule has 3 rings (SSSR count). The van der Waals surface area contributed by atoms with E-state index in [0.29, 0.717) is 6.61 Å². The van der Waals surface area contributed by atoms with Gasteiger partial charge in [-0.25, -0.2) is 0 Å². The van der Waals surface area contributed by atoms with Gasteiger partial charge in [0.15, 0.2) is 0 Å². The quantitative estimate of drug-likeness (QED) is 0.634. The molecule has 12 heavy (non-hydrogen) atoms. The van der Waals surface area contributed by atoms with Gasteiger partial charge in [-0.05, 0) is 31.6 Å². The first kappa shape index (κ1) is 8.05. The summed E-state index contributed by atoms with van der Waals surface area (Å²) in [5.74, 6) is -0.0553. The molecule has 0 aromatic heterocycles. The normalized spacial score (nSPS) is 42.8. The summed E-state index contributed by atoms with van der Waals surface area (Å²) in [6.45, 7) is 2.52. The van der Waals surface area contributed by atoms with Crippen molar-refractivity contribution in [1.29, 1.82) is 0 Å². The Bertz CT molecular complexity index is 202. The van der Waals surface area contributed by atoms with Crippen LogP contribution >= 0.6 is 0 Å². The maximum Gasteiger partial charge on any atom is 0.312 e. The first-order chi connectivity index (χ1) is 5.66. The molecule has 3 heteroatoms. The van der Waals surface area contributed by atoms with E-state index in [1.165, 1.54) is 0 Å². The maximum atomic E-state index is 11.3. The van der Waals surface area contributed by atoms with Gasteiger partial charge in [0.25, 0.3) is 0 Å². The van der Waals surface area contributed by atoms with Crippen molar-refractivity contribution in [3.63, 3.8) is 0 Å². The topological polar surface area (TPSA) is 46.5 Å². The molecular weight excluding hydrogens is 156 g/mol. The van der Waals surface area contributed by atoms with Crippen LogP contribution in [-0.2, 0) is 9.53 Å². The zero-order valence-corrected chi connectivity index (χ0v) is 7.30. The molecule has 0 aromatic rings. The average molecular weight is 170 g/mol. The third-order valence-corrected chi connectivity index (χ3v) is 3.18. The van der Waals surface area contributed by atoms with Gasteiger partial charge in [-0.15, -0.1) is 0 Å². The highest BCUT2D eigenvalue weighted by Gasteiger charge is 2.71. The van der Waals surface area contributed by atoms with E-state index >= 15 is 0 Å². The number of carbonyl (C=O) groups is 1. The van der Waals surface area contributed by atoms with Crippen molar-refractivity contribution < 1.29 is 14.6 Å². The molecule has 0 amide bonds. The summed E-state index contributed by atoms with van der Waals surface area (Å²) in [6, 6.07) is 0. The third-order valence-electron chi connectivity index (χ3n) is 3.18. The SMILES string of the molecule is CCOC(=O)C12CC(CO)(C1)C2. The molecule has 0 spiro atoms. The largest absolute Gasteiger partial charge is 0.466 e. The highest BCUT2D eigenvalue weighted by atomic mass is 16.5. The fourth-order valence-corrected chi connectivity index (χ4v) is 2.67. The van der Waals surface area contributed by atoms with Crippen molar-refractivity contribution in [2.45, 2.75) is 26.2 Å². The Kier molecular flexibility index (Phi) is 1.49. The van der Waals surface area contributed by atoms with Crippen LogP contribution in [0.15, 0.2) is 0 Å². The maximum absolute atomic E-state index is 11.3. The Morgan fingerprint density at radius 2 is 2.08 bits per heavy atom. The average Bonchev–Trinajstić information content (AvgIpc) is 1.83. The number of rotatable bonds is 3. The van der Waals surface area contributed by atoms with Crippen molar-refractivity contribution >= 4 is 5.97 Å². The lowest BCUT2D eigenvalue weighted by Gasteiger charge is -2.67. The Hall–Kier alpha value is -0.570. The summed E-state index contributed by atoms with van der Waals surface area (Å²) in [6.07, 6.45) is 2.53. The smallest absolute Gasteiger partial charge is 0.312 e. The summed E-state index contributed by atoms with van der Waals surface area (Å²) in [5, 5.41) is 8.96. The molecule has 0 saturated heterocycles. The first-order valence-electron chi connectivity index (χ1n) is 4.45. The molecule has 0 radical (unpaired) electrons. The van der Waals surface area contributed by atoms with Crippen LogP contribution in [0.4, 0.5) is 0 Å². The highest BCUT2D eigenvalue weighted by Crippen LogP contribution is 2.73. The molecule has 3 aliphatic carbocycles. The van der Waals surface area contributed by atoms with Gasteiger partial charge in [-0.1, -0.05) is 0 Å². The number of aliphatic hydroxyl groups excluding tert-OH is 1. The predicted molar refractivity (Wildman–Crippen MR) is 42.4 cm³/mol. The fourth-order valence-electron chi connectivity index (χ4n) is 2.67. The Morgan fingerprint density at radius 3 is 2.50 bits per heavy atom. The van der Waals surface area contributed by atoms with Crippen LogP contribution in [0.25, 0.3) is 0 Å². The van der Waals surface area contributed by atoms with Gasteiger partial charge in [0.1, 0.15) is 0 Å². The Balaban J connectivity index is 1.91. The molecule has 1 N–H and O–H groups in total. The minimum atomic E-state index is -0.182. The number of aliphatic hydroxyl groups is 1. The number of carbonyl (C=O) groups excluding carboxylic acids is 1. The zero-order chi connectivity index (χ0) is 8.82. The van der Waals surface area contributed by atoms with Crippen LogP contribution in [0.2, 0.25) is 0 Å². The van der Waals surface area contributed by atoms with Crippen LogP contribution in [0.5, 0.6) is 0 Å². The van der Waals surface area contributed by atoms with Crippen molar-refractivity contribution in [2.24, 2.45) is 10.8 Å². The van der Waals surface area contributed by atoms with E-state index in [9.17, 15) is 4.79 Å². The van der Waals surface area contributed by atoms with Crippen LogP contribution in [0.1, 0.15) is 26.2 Å². The van der Waals surface area contributed by atoms with Crippen molar-refractivity contribution in [2.75, 3.05) is 13.2 Å². The third kappa shape index (κ3) is 0.774. The van der Waals surface area contributed by atoms with E-state index in [2.05, 4.69) is 0 Å². The van der Waals surface area contributed by atoms with Crippen LogP contribution < -0.4 is 0 Å². The lowest BCUT2D eigenvalue weighted by Crippen LogP contribution is -2.67. The minimum absolute atomic E-state index is 0.0553. The molecule has 0 heterocycles. The summed E-state index contributed by atoms with van der Waals surface area (Å²) < 4.78 is 4.96. The van der Waals surface area contributed by atoms with E-state index in [4.69, 9.17) is 9.84 Å². The van der Waals surface area contributed by atoms with Gasteiger partial charge >= 0.3 is 5.97 Å². The Labute approximate surface area is 71.7 Å². The number of hydrogen-bond donors (Lipinski definition) is 1. The lowest BCUT2D eigenvalue weighted by molar-refractivity contribution is -0.237. The molecule has 0 aliphatic heterocycles. The summed E-state index contributed by atoms with van der Waals surface area (Å²) in [4.78, 5) is 11.3. The fraction of sp³-hybridized carbons (Fsp3) is 0.889. The van der Waals surface area contributed by atoms with E-state index in [0.717, 1.165) is 19.3 Å². The molecule has 3 saturated carbocycles. The lowest BCUT2D eigenvalue weighted by atomic mass is 9.35. The van der Waals surface area contributed by atoms with Gasteiger partial charge < -0.3 is 9.84 Å². The molecule has 2 bridgehead atoms. The van der Waals surface area contributed by atoms with E-state index in [1.807, 2.05) is 6.92 Å². The predicted octanol–water partition coefficient (Wildman–Crippen LogP) is 0.712. The van der Waals surface area contributed by atoms with Crippen LogP contribution in [0.3, 0.4) is 0 Å². The molecule has 3 nitrogen and oxygen atoms in total. The highest BCUT2D eigenvalue weighted by molar-refractivity contribution is 5.81. The van der Waals surface area contributed by atoms with Gasteiger partial charge in [-0.3, -0.25) is 4.79 Å². The van der Waals surface area contributed by atoms with Crippen molar-refractivity contribution in [3.05, 3.63) is 0 Å². The molecular formula is C9H14O3. The second kappa shape index (κ2) is 2.22. The summed E-state index contributed by atoms with van der Waals surface area (Å²) in [5.41, 5.74) is -0.0779. The molecule has 0 aromatic carbocycles. The van der Waals surface area contributed by atoms with Gasteiger partial charge in [0.2, 0.25) is 0 Å².